The quantitative estimate of drug-likeness (QED) is 0.754. The summed E-state index contributed by atoms with van der Waals surface area (Å²) in [5.74, 6) is 1.34. The Labute approximate surface area is 146 Å². The molecule has 0 radical (unpaired) electrons. The Morgan fingerprint density at radius 3 is 2.04 bits per heavy atom. The zero-order chi connectivity index (χ0) is 18.1. The molecule has 1 N–H and O–H groups in total. The van der Waals surface area contributed by atoms with Crippen LogP contribution in [0.1, 0.15) is 56.4 Å². The molecule has 0 spiro atoms. The zero-order valence-corrected chi connectivity index (χ0v) is 16.1. The summed E-state index contributed by atoms with van der Waals surface area (Å²) in [6.07, 6.45) is 1.87. The highest BCUT2D eigenvalue weighted by Gasteiger charge is 2.20. The van der Waals surface area contributed by atoms with Gasteiger partial charge in [-0.1, -0.05) is 40.2 Å². The third kappa shape index (κ3) is 3.58. The molecule has 0 aliphatic heterocycles. The maximum atomic E-state index is 10.6. The number of rotatable bonds is 4. The predicted octanol–water partition coefficient (Wildman–Crippen LogP) is 5.93. The molecular formula is C22H30O2. The van der Waals surface area contributed by atoms with Gasteiger partial charge in [-0.15, -0.1) is 0 Å². The molecular weight excluding hydrogens is 296 g/mol. The molecule has 0 amide bonds. The number of benzene rings is 2. The van der Waals surface area contributed by atoms with Gasteiger partial charge in [0.05, 0.1) is 7.11 Å². The Kier molecular flexibility index (Phi) is 5.27. The van der Waals surface area contributed by atoms with Crippen molar-refractivity contribution < 1.29 is 9.84 Å². The molecule has 0 unspecified atom stereocenters. The minimum Gasteiger partial charge on any atom is -0.508 e. The lowest BCUT2D eigenvalue weighted by Gasteiger charge is -2.23. The van der Waals surface area contributed by atoms with E-state index < -0.39 is 0 Å². The van der Waals surface area contributed by atoms with Gasteiger partial charge in [-0.25, -0.2) is 0 Å². The van der Waals surface area contributed by atoms with E-state index in [1.807, 2.05) is 6.07 Å². The van der Waals surface area contributed by atoms with E-state index in [-0.39, 0.29) is 5.41 Å². The Bertz CT molecular complexity index is 713. The Morgan fingerprint density at radius 2 is 1.58 bits per heavy atom. The second-order valence-corrected chi connectivity index (χ2v) is 7.66. The Balaban J connectivity index is 2.74. The summed E-state index contributed by atoms with van der Waals surface area (Å²) < 4.78 is 5.50. The number of phenols is 1. The fourth-order valence-corrected chi connectivity index (χ4v) is 3.29. The van der Waals surface area contributed by atoms with Crippen LogP contribution in [0.4, 0.5) is 0 Å². The van der Waals surface area contributed by atoms with Crippen molar-refractivity contribution in [1.29, 1.82) is 0 Å². The smallest absolute Gasteiger partial charge is 0.124 e. The van der Waals surface area contributed by atoms with E-state index in [4.69, 9.17) is 4.74 Å². The lowest BCUT2D eigenvalue weighted by molar-refractivity contribution is 0.408. The number of hydrogen-bond donors (Lipinski definition) is 1. The molecule has 0 fully saturated rings. The monoisotopic (exact) mass is 326 g/mol. The maximum Gasteiger partial charge on any atom is 0.124 e. The summed E-state index contributed by atoms with van der Waals surface area (Å²) in [6.45, 7) is 12.8. The van der Waals surface area contributed by atoms with Crippen LogP contribution in [-0.2, 0) is 11.8 Å². The molecule has 0 atom stereocenters. The summed E-state index contributed by atoms with van der Waals surface area (Å²) in [4.78, 5) is 0. The van der Waals surface area contributed by atoms with Crippen molar-refractivity contribution in [3.8, 4) is 22.6 Å². The molecule has 24 heavy (non-hydrogen) atoms. The van der Waals surface area contributed by atoms with Crippen LogP contribution >= 0.6 is 0 Å². The number of hydrogen-bond acceptors (Lipinski definition) is 2. The Morgan fingerprint density at radius 1 is 1.00 bits per heavy atom. The number of methoxy groups -OCH3 is 1. The highest BCUT2D eigenvalue weighted by Crippen LogP contribution is 2.39. The van der Waals surface area contributed by atoms with E-state index in [9.17, 15) is 5.11 Å². The first-order valence-electron chi connectivity index (χ1n) is 8.71. The van der Waals surface area contributed by atoms with Crippen molar-refractivity contribution in [3.63, 3.8) is 0 Å². The molecule has 2 heteroatoms. The first-order valence-corrected chi connectivity index (χ1v) is 8.71. The third-order valence-corrected chi connectivity index (χ3v) is 4.57. The SMILES string of the molecule is CCCc1c(O)cc(C(C)(C)C)cc1-c1cc(C)c(OC)c(C)c1. The second-order valence-electron chi connectivity index (χ2n) is 7.66. The molecule has 130 valence electrons. The minimum atomic E-state index is -0.00641. The van der Waals surface area contributed by atoms with Gasteiger partial charge >= 0.3 is 0 Å². The Hall–Kier alpha value is -1.96. The summed E-state index contributed by atoms with van der Waals surface area (Å²) in [5.41, 5.74) is 6.71. The van der Waals surface area contributed by atoms with Crippen LogP contribution in [0.25, 0.3) is 11.1 Å². The molecule has 0 saturated carbocycles. The fourth-order valence-electron chi connectivity index (χ4n) is 3.29. The van der Waals surface area contributed by atoms with Gasteiger partial charge in [0.1, 0.15) is 11.5 Å². The van der Waals surface area contributed by atoms with Crippen molar-refractivity contribution in [2.24, 2.45) is 0 Å². The van der Waals surface area contributed by atoms with Crippen molar-refractivity contribution in [3.05, 3.63) is 46.5 Å². The maximum absolute atomic E-state index is 10.6. The van der Waals surface area contributed by atoms with Crippen LogP contribution in [0.15, 0.2) is 24.3 Å². The van der Waals surface area contributed by atoms with Crippen LogP contribution in [0, 0.1) is 13.8 Å². The summed E-state index contributed by atoms with van der Waals surface area (Å²) in [6, 6.07) is 8.49. The van der Waals surface area contributed by atoms with Gasteiger partial charge in [0.25, 0.3) is 0 Å². The van der Waals surface area contributed by atoms with E-state index in [0.29, 0.717) is 5.75 Å². The molecule has 2 rings (SSSR count). The average Bonchev–Trinajstić information content (AvgIpc) is 2.47. The first-order chi connectivity index (χ1) is 11.2. The van der Waals surface area contributed by atoms with E-state index in [1.165, 1.54) is 0 Å². The highest BCUT2D eigenvalue weighted by molar-refractivity contribution is 5.74. The molecule has 0 saturated heterocycles. The van der Waals surface area contributed by atoms with Gasteiger partial charge < -0.3 is 9.84 Å². The molecule has 0 aliphatic carbocycles. The topological polar surface area (TPSA) is 29.5 Å². The largest absolute Gasteiger partial charge is 0.508 e. The lowest BCUT2D eigenvalue weighted by atomic mass is 9.82. The molecule has 2 aromatic carbocycles. The van der Waals surface area contributed by atoms with Crippen molar-refractivity contribution >= 4 is 0 Å². The number of ether oxygens (including phenoxy) is 1. The van der Waals surface area contributed by atoms with Crippen molar-refractivity contribution in [2.75, 3.05) is 7.11 Å². The van der Waals surface area contributed by atoms with Gasteiger partial charge in [0.15, 0.2) is 0 Å². The average molecular weight is 326 g/mol. The highest BCUT2D eigenvalue weighted by atomic mass is 16.5. The van der Waals surface area contributed by atoms with Crippen LogP contribution in [0.5, 0.6) is 11.5 Å². The van der Waals surface area contributed by atoms with Gasteiger partial charge in [-0.05, 0) is 71.7 Å². The molecule has 0 aliphatic rings. The van der Waals surface area contributed by atoms with Gasteiger partial charge in [-0.2, -0.15) is 0 Å². The normalized spacial score (nSPS) is 11.6. The minimum absolute atomic E-state index is 0.00641. The van der Waals surface area contributed by atoms with E-state index in [2.05, 4.69) is 59.7 Å². The number of phenolic OH excluding ortho intramolecular Hbond substituents is 1. The van der Waals surface area contributed by atoms with Crippen LogP contribution in [0.3, 0.4) is 0 Å². The molecule has 0 aromatic heterocycles. The van der Waals surface area contributed by atoms with Gasteiger partial charge in [-0.3, -0.25) is 0 Å². The van der Waals surface area contributed by atoms with Crippen molar-refractivity contribution in [1.82, 2.24) is 0 Å². The zero-order valence-electron chi connectivity index (χ0n) is 16.1. The number of aryl methyl sites for hydroxylation is 2. The number of aromatic hydroxyl groups is 1. The predicted molar refractivity (Wildman–Crippen MR) is 102 cm³/mol. The summed E-state index contributed by atoms with van der Waals surface area (Å²) in [7, 11) is 1.71. The third-order valence-electron chi connectivity index (χ3n) is 4.57. The molecule has 2 nitrogen and oxygen atoms in total. The standard InChI is InChI=1S/C22H30O2/c1-8-9-18-19(12-17(13-20(18)23)22(4,5)6)16-10-14(2)21(24-7)15(3)11-16/h10-13,23H,8-9H2,1-7H3. The van der Waals surface area contributed by atoms with Gasteiger partial charge in [0, 0.05) is 5.56 Å². The van der Waals surface area contributed by atoms with Gasteiger partial charge in [0.2, 0.25) is 0 Å². The first kappa shape index (κ1) is 18.4. The summed E-state index contributed by atoms with van der Waals surface area (Å²) in [5, 5.41) is 10.6. The second kappa shape index (κ2) is 6.88. The summed E-state index contributed by atoms with van der Waals surface area (Å²) >= 11 is 0. The fraction of sp³-hybridized carbons (Fsp3) is 0.455. The van der Waals surface area contributed by atoms with E-state index >= 15 is 0 Å². The molecule has 0 bridgehead atoms. The molecule has 2 aromatic rings. The molecule has 0 heterocycles. The van der Waals surface area contributed by atoms with E-state index in [1.54, 1.807) is 7.11 Å². The van der Waals surface area contributed by atoms with Crippen LogP contribution in [-0.4, -0.2) is 12.2 Å². The van der Waals surface area contributed by atoms with Crippen LogP contribution < -0.4 is 4.74 Å². The lowest BCUT2D eigenvalue weighted by Crippen LogP contribution is -2.11. The van der Waals surface area contributed by atoms with Crippen molar-refractivity contribution in [2.45, 2.75) is 59.8 Å². The van der Waals surface area contributed by atoms with E-state index in [0.717, 1.165) is 52.0 Å². The van der Waals surface area contributed by atoms with Crippen LogP contribution in [0.2, 0.25) is 0 Å².